The van der Waals surface area contributed by atoms with Crippen molar-refractivity contribution in [2.75, 3.05) is 0 Å². The summed E-state index contributed by atoms with van der Waals surface area (Å²) >= 11 is -1.57. The normalized spacial score (nSPS) is 9.07. The van der Waals surface area contributed by atoms with Crippen LogP contribution in [0, 0.1) is 0 Å². The van der Waals surface area contributed by atoms with E-state index in [1.807, 2.05) is 48.5 Å². The standard InChI is InChI=1S/2C5H4AsO.Fe/c2*7-6-5-3-1-2-4-5;/h2*1-4H;/q2*-1;+2. The Hall–Kier alpha value is -0.0636. The SMILES string of the molecule is O=[As][c-]1cccc1.O=[As][c-]1cccc1.[Fe+2]. The molecule has 5 heteroatoms. The van der Waals surface area contributed by atoms with Crippen molar-refractivity contribution >= 4 is 40.1 Å². The van der Waals surface area contributed by atoms with Crippen molar-refractivity contribution in [3.63, 3.8) is 0 Å². The van der Waals surface area contributed by atoms with Crippen LogP contribution in [-0.4, -0.2) is 31.4 Å². The Balaban J connectivity index is 0.000000245. The van der Waals surface area contributed by atoms with E-state index in [2.05, 4.69) is 0 Å². The summed E-state index contributed by atoms with van der Waals surface area (Å²) in [6, 6.07) is 15.0. The molecule has 0 radical (unpaired) electrons. The first-order valence-electron chi connectivity index (χ1n) is 3.97. The van der Waals surface area contributed by atoms with Crippen molar-refractivity contribution in [1.82, 2.24) is 0 Å². The fraction of sp³-hybridized carbons (Fsp3) is 0. The molecule has 0 aromatic heterocycles. The second-order valence-electron chi connectivity index (χ2n) is 2.47. The van der Waals surface area contributed by atoms with Gasteiger partial charge in [0, 0.05) is 0 Å². The van der Waals surface area contributed by atoms with Crippen molar-refractivity contribution in [1.29, 1.82) is 0 Å². The van der Waals surface area contributed by atoms with Gasteiger partial charge in [0.25, 0.3) is 0 Å². The molecule has 0 spiro atoms. The summed E-state index contributed by atoms with van der Waals surface area (Å²) in [7, 11) is 0. The van der Waals surface area contributed by atoms with Crippen molar-refractivity contribution < 1.29 is 24.5 Å². The molecule has 0 aliphatic carbocycles. The molecule has 0 unspecified atom stereocenters. The summed E-state index contributed by atoms with van der Waals surface area (Å²) in [5.41, 5.74) is 0. The molecule has 78 valence electrons. The Labute approximate surface area is 112 Å². The monoisotopic (exact) mass is 366 g/mol. The predicted octanol–water partition coefficient (Wildman–Crippen LogP) is 0.158. The Morgan fingerprint density at radius 3 is 1.07 bits per heavy atom. The van der Waals surface area contributed by atoms with Crippen molar-refractivity contribution in [2.24, 2.45) is 0 Å². The Morgan fingerprint density at radius 1 is 0.667 bits per heavy atom. The third kappa shape index (κ3) is 6.17. The molecule has 15 heavy (non-hydrogen) atoms. The minimum absolute atomic E-state index is 0. The molecule has 0 heterocycles. The van der Waals surface area contributed by atoms with Crippen LogP contribution < -0.4 is 8.70 Å². The maximum atomic E-state index is 10.1. The van der Waals surface area contributed by atoms with Gasteiger partial charge < -0.3 is 0 Å². The average molecular weight is 366 g/mol. The van der Waals surface area contributed by atoms with E-state index in [9.17, 15) is 7.48 Å². The van der Waals surface area contributed by atoms with Crippen LogP contribution >= 0.6 is 0 Å². The largest absolute Gasteiger partial charge is 2.00 e. The van der Waals surface area contributed by atoms with E-state index in [-0.39, 0.29) is 17.1 Å². The van der Waals surface area contributed by atoms with Crippen molar-refractivity contribution in [3.05, 3.63) is 48.5 Å². The number of hydrogen-bond acceptors (Lipinski definition) is 2. The van der Waals surface area contributed by atoms with Gasteiger partial charge in [0.2, 0.25) is 0 Å². The quantitative estimate of drug-likeness (QED) is 0.561. The van der Waals surface area contributed by atoms with E-state index in [0.29, 0.717) is 0 Å². The van der Waals surface area contributed by atoms with Gasteiger partial charge in [0.05, 0.1) is 0 Å². The van der Waals surface area contributed by atoms with Gasteiger partial charge in [-0.15, -0.1) is 0 Å². The van der Waals surface area contributed by atoms with Crippen LogP contribution in [-0.2, 0) is 24.5 Å². The van der Waals surface area contributed by atoms with E-state index >= 15 is 0 Å². The van der Waals surface area contributed by atoms with Gasteiger partial charge in [-0.05, 0) is 0 Å². The molecule has 0 saturated heterocycles. The van der Waals surface area contributed by atoms with Gasteiger partial charge in [-0.1, -0.05) is 0 Å². The zero-order valence-corrected chi connectivity index (χ0v) is 12.5. The van der Waals surface area contributed by atoms with E-state index in [1.54, 1.807) is 0 Å². The molecular formula is C10H8As2FeO2. The van der Waals surface area contributed by atoms with E-state index in [1.165, 1.54) is 0 Å². The topological polar surface area (TPSA) is 34.1 Å². The second kappa shape index (κ2) is 9.18. The van der Waals surface area contributed by atoms with Crippen LogP contribution in [0.2, 0.25) is 0 Å². The Bertz CT molecular complexity index is 330. The Morgan fingerprint density at radius 2 is 0.933 bits per heavy atom. The van der Waals surface area contributed by atoms with Crippen molar-refractivity contribution in [3.8, 4) is 0 Å². The number of hydrogen-bond donors (Lipinski definition) is 0. The molecule has 2 rings (SSSR count). The molecule has 0 fully saturated rings. The number of rotatable bonds is 2. The van der Waals surface area contributed by atoms with Crippen LogP contribution in [0.1, 0.15) is 0 Å². The van der Waals surface area contributed by atoms with Crippen LogP contribution in [0.25, 0.3) is 0 Å². The first-order chi connectivity index (χ1) is 6.86. The summed E-state index contributed by atoms with van der Waals surface area (Å²) in [6.07, 6.45) is 0. The van der Waals surface area contributed by atoms with Crippen LogP contribution in [0.4, 0.5) is 0 Å². The molecule has 0 aliphatic rings. The van der Waals surface area contributed by atoms with Gasteiger partial charge in [-0.3, -0.25) is 0 Å². The maximum Gasteiger partial charge on any atom is 2.00 e. The summed E-state index contributed by atoms with van der Waals surface area (Å²) in [5.74, 6) is 0. The Kier molecular flexibility index (Phi) is 9.14. The van der Waals surface area contributed by atoms with E-state index < -0.39 is 31.4 Å². The van der Waals surface area contributed by atoms with Gasteiger partial charge in [0.15, 0.2) is 0 Å². The summed E-state index contributed by atoms with van der Waals surface area (Å²) in [5, 5.41) is 0. The summed E-state index contributed by atoms with van der Waals surface area (Å²) in [4.78, 5) is 0. The molecule has 2 aromatic carbocycles. The third-order valence-corrected chi connectivity index (χ3v) is 3.64. The van der Waals surface area contributed by atoms with Crippen LogP contribution in [0.15, 0.2) is 48.5 Å². The molecule has 2 nitrogen and oxygen atoms in total. The van der Waals surface area contributed by atoms with Gasteiger partial charge in [-0.25, -0.2) is 0 Å². The minimum atomic E-state index is -0.783. The second-order valence-corrected chi connectivity index (χ2v) is 5.40. The summed E-state index contributed by atoms with van der Waals surface area (Å²) < 4.78 is 22.1. The minimum Gasteiger partial charge on any atom is 2.00 e. The molecule has 0 atom stereocenters. The van der Waals surface area contributed by atoms with Gasteiger partial charge >= 0.3 is 113 Å². The first kappa shape index (κ1) is 14.9. The van der Waals surface area contributed by atoms with Gasteiger partial charge in [-0.2, -0.15) is 0 Å². The zero-order chi connectivity index (χ0) is 10.2. The average Bonchev–Trinajstić information content (AvgIpc) is 2.92. The molecular weight excluding hydrogens is 358 g/mol. The van der Waals surface area contributed by atoms with Crippen LogP contribution in [0.5, 0.6) is 0 Å². The van der Waals surface area contributed by atoms with Crippen molar-refractivity contribution in [2.45, 2.75) is 0 Å². The molecule has 0 saturated carbocycles. The first-order valence-corrected chi connectivity index (χ1v) is 7.38. The maximum absolute atomic E-state index is 10.1. The third-order valence-electron chi connectivity index (χ3n) is 1.50. The fourth-order valence-corrected chi connectivity index (χ4v) is 2.08. The fourth-order valence-electron chi connectivity index (χ4n) is 0.849. The predicted molar refractivity (Wildman–Crippen MR) is 56.2 cm³/mol. The molecule has 0 N–H and O–H groups in total. The van der Waals surface area contributed by atoms with E-state index in [0.717, 1.165) is 8.70 Å². The van der Waals surface area contributed by atoms with E-state index in [4.69, 9.17) is 0 Å². The molecule has 0 bridgehead atoms. The molecule has 0 amide bonds. The summed E-state index contributed by atoms with van der Waals surface area (Å²) in [6.45, 7) is 0. The molecule has 0 aliphatic heterocycles. The smallest absolute Gasteiger partial charge is 2.00 e. The van der Waals surface area contributed by atoms with Crippen LogP contribution in [0.3, 0.4) is 0 Å². The molecule has 2 aromatic rings. The van der Waals surface area contributed by atoms with Gasteiger partial charge in [0.1, 0.15) is 0 Å². The zero-order valence-electron chi connectivity index (χ0n) is 7.68.